The van der Waals surface area contributed by atoms with Gasteiger partial charge in [-0.1, -0.05) is 17.7 Å². The zero-order valence-electron chi connectivity index (χ0n) is 14.3. The van der Waals surface area contributed by atoms with Gasteiger partial charge in [-0.2, -0.15) is 0 Å². The van der Waals surface area contributed by atoms with Gasteiger partial charge < -0.3 is 15.7 Å². The average molecular weight is 366 g/mol. The van der Waals surface area contributed by atoms with Gasteiger partial charge in [-0.05, 0) is 56.2 Å². The Morgan fingerprint density at radius 3 is 2.68 bits per heavy atom. The first kappa shape index (κ1) is 18.0. The second kappa shape index (κ2) is 7.62. The highest BCUT2D eigenvalue weighted by Crippen LogP contribution is 2.33. The number of carbonyl (C=O) groups excluding carboxylic acids is 1. The highest BCUT2D eigenvalue weighted by Gasteiger charge is 2.37. The number of amides is 2. The topological polar surface area (TPSA) is 81.7 Å². The number of halogens is 1. The molecule has 7 heteroatoms. The Balaban J connectivity index is 1.46. The Morgan fingerprint density at radius 2 is 2.04 bits per heavy atom. The third-order valence-electron chi connectivity index (χ3n) is 5.01. The quantitative estimate of drug-likeness (QED) is 0.693. The maximum Gasteiger partial charge on any atom is 0.319 e. The summed E-state index contributed by atoms with van der Waals surface area (Å²) in [6.07, 6.45) is 3.99. The molecule has 6 nitrogen and oxygen atoms in total. The van der Waals surface area contributed by atoms with Crippen molar-refractivity contribution in [1.29, 1.82) is 0 Å². The molecule has 2 aliphatic carbocycles. The normalized spacial score (nSPS) is 22.4. The lowest BCUT2D eigenvalue weighted by Gasteiger charge is -2.42. The van der Waals surface area contributed by atoms with Crippen molar-refractivity contribution in [1.82, 2.24) is 10.2 Å². The van der Waals surface area contributed by atoms with Gasteiger partial charge in [0, 0.05) is 29.3 Å². The molecule has 2 amide bonds. The highest BCUT2D eigenvalue weighted by molar-refractivity contribution is 6.31. The molecule has 0 heterocycles. The molecule has 0 bridgehead atoms. The largest absolute Gasteiger partial charge is 0.480 e. The molecule has 1 aromatic carbocycles. The molecule has 0 unspecified atom stereocenters. The molecule has 3 rings (SSSR count). The summed E-state index contributed by atoms with van der Waals surface area (Å²) in [5.74, 6) is -0.133. The molecule has 136 valence electrons. The molecule has 2 fully saturated rings. The molecular formula is C18H24ClN3O3. The van der Waals surface area contributed by atoms with E-state index in [-0.39, 0.29) is 24.7 Å². The van der Waals surface area contributed by atoms with Gasteiger partial charge >= 0.3 is 12.0 Å². The summed E-state index contributed by atoms with van der Waals surface area (Å²) in [4.78, 5) is 25.2. The van der Waals surface area contributed by atoms with E-state index in [1.807, 2.05) is 13.0 Å². The van der Waals surface area contributed by atoms with Crippen LogP contribution in [-0.4, -0.2) is 47.2 Å². The Bertz CT molecular complexity index is 657. The predicted octanol–water partition coefficient (Wildman–Crippen LogP) is 3.10. The van der Waals surface area contributed by atoms with Crippen molar-refractivity contribution in [3.8, 4) is 0 Å². The Hall–Kier alpha value is -1.79. The zero-order chi connectivity index (χ0) is 18.0. The average Bonchev–Trinajstić information content (AvgIpc) is 3.30. The molecule has 1 aromatic rings. The van der Waals surface area contributed by atoms with E-state index in [0.29, 0.717) is 16.6 Å². The molecule has 0 radical (unpaired) electrons. The molecule has 0 aromatic heterocycles. The number of hydrogen-bond acceptors (Lipinski definition) is 3. The van der Waals surface area contributed by atoms with Gasteiger partial charge in [-0.15, -0.1) is 0 Å². The van der Waals surface area contributed by atoms with Crippen LogP contribution in [0.15, 0.2) is 18.2 Å². The maximum absolute atomic E-state index is 12.1. The zero-order valence-corrected chi connectivity index (χ0v) is 15.1. The Morgan fingerprint density at radius 1 is 1.32 bits per heavy atom. The summed E-state index contributed by atoms with van der Waals surface area (Å²) in [5, 5.41) is 15.5. The molecule has 3 N–H and O–H groups in total. The van der Waals surface area contributed by atoms with Crippen LogP contribution in [0.5, 0.6) is 0 Å². The molecule has 2 saturated carbocycles. The first-order valence-corrected chi connectivity index (χ1v) is 9.08. The van der Waals surface area contributed by atoms with E-state index in [9.17, 15) is 9.59 Å². The summed E-state index contributed by atoms with van der Waals surface area (Å²) in [6, 6.07) is 5.48. The highest BCUT2D eigenvalue weighted by atomic mass is 35.5. The third kappa shape index (κ3) is 4.86. The number of carboxylic acid groups (broad SMARTS) is 1. The van der Waals surface area contributed by atoms with Gasteiger partial charge in [0.1, 0.15) is 0 Å². The monoisotopic (exact) mass is 365 g/mol. The number of aliphatic carboxylic acids is 1. The summed E-state index contributed by atoms with van der Waals surface area (Å²) in [6.45, 7) is 2.80. The van der Waals surface area contributed by atoms with Crippen molar-refractivity contribution < 1.29 is 14.7 Å². The van der Waals surface area contributed by atoms with Crippen LogP contribution in [0.4, 0.5) is 10.5 Å². The minimum atomic E-state index is -0.786. The van der Waals surface area contributed by atoms with E-state index in [1.165, 1.54) is 12.8 Å². The fourth-order valence-electron chi connectivity index (χ4n) is 3.24. The number of carbonyl (C=O) groups is 2. The van der Waals surface area contributed by atoms with Crippen LogP contribution in [0.25, 0.3) is 0 Å². The minimum absolute atomic E-state index is 0.0833. The van der Waals surface area contributed by atoms with Crippen molar-refractivity contribution in [2.24, 2.45) is 5.92 Å². The third-order valence-corrected chi connectivity index (χ3v) is 5.42. The van der Waals surface area contributed by atoms with Crippen LogP contribution < -0.4 is 10.6 Å². The van der Waals surface area contributed by atoms with Gasteiger partial charge in [0.15, 0.2) is 0 Å². The predicted molar refractivity (Wildman–Crippen MR) is 97.1 cm³/mol. The Labute approximate surface area is 152 Å². The van der Waals surface area contributed by atoms with E-state index in [2.05, 4.69) is 15.5 Å². The molecule has 2 aliphatic rings. The molecule has 0 spiro atoms. The summed E-state index contributed by atoms with van der Waals surface area (Å²) in [5.41, 5.74) is 1.53. The fraction of sp³-hybridized carbons (Fsp3) is 0.556. The Kier molecular flexibility index (Phi) is 5.49. The molecular weight excluding hydrogens is 342 g/mol. The number of nitrogens with one attached hydrogen (secondary N) is 2. The number of urea groups is 1. The van der Waals surface area contributed by atoms with Crippen LogP contribution >= 0.6 is 11.6 Å². The van der Waals surface area contributed by atoms with Gasteiger partial charge in [0.25, 0.3) is 0 Å². The van der Waals surface area contributed by atoms with Crippen LogP contribution in [0.1, 0.15) is 31.2 Å². The molecule has 0 aliphatic heterocycles. The van der Waals surface area contributed by atoms with Crippen molar-refractivity contribution in [3.05, 3.63) is 28.8 Å². The fourth-order valence-corrected chi connectivity index (χ4v) is 3.41. The van der Waals surface area contributed by atoms with Crippen LogP contribution in [0.3, 0.4) is 0 Å². The van der Waals surface area contributed by atoms with Crippen LogP contribution in [0.2, 0.25) is 5.02 Å². The van der Waals surface area contributed by atoms with Gasteiger partial charge in [0.2, 0.25) is 0 Å². The standard InChI is InChI=1S/C18H24ClN3O3/c1-11-15(19)3-2-4-16(11)21-18(25)20-13-7-14(8-13)22(10-17(23)24)9-12-5-6-12/h2-4,12-14H,5-10H2,1H3,(H,23,24)(H2,20,21,25). The molecule has 0 saturated heterocycles. The van der Waals surface area contributed by atoms with E-state index < -0.39 is 5.97 Å². The lowest BCUT2D eigenvalue weighted by molar-refractivity contribution is -0.139. The lowest BCUT2D eigenvalue weighted by atomic mass is 9.85. The molecule has 0 atom stereocenters. The first-order chi connectivity index (χ1) is 11.9. The summed E-state index contributed by atoms with van der Waals surface area (Å²) in [7, 11) is 0. The van der Waals surface area contributed by atoms with Gasteiger partial charge in [-0.25, -0.2) is 4.79 Å². The number of benzene rings is 1. The number of hydrogen-bond donors (Lipinski definition) is 3. The smallest absolute Gasteiger partial charge is 0.319 e. The van der Waals surface area contributed by atoms with Crippen LogP contribution in [-0.2, 0) is 4.79 Å². The summed E-state index contributed by atoms with van der Waals surface area (Å²) < 4.78 is 0. The summed E-state index contributed by atoms with van der Waals surface area (Å²) >= 11 is 6.06. The SMILES string of the molecule is Cc1c(Cl)cccc1NC(=O)NC1CC(N(CC(=O)O)CC2CC2)C1. The number of carboxylic acids is 1. The molecule has 25 heavy (non-hydrogen) atoms. The van der Waals surface area contributed by atoms with E-state index in [1.54, 1.807) is 12.1 Å². The van der Waals surface area contributed by atoms with E-state index in [0.717, 1.165) is 24.9 Å². The first-order valence-electron chi connectivity index (χ1n) is 8.71. The van der Waals surface area contributed by atoms with Crippen molar-refractivity contribution in [2.75, 3.05) is 18.4 Å². The second-order valence-corrected chi connectivity index (χ2v) is 7.51. The van der Waals surface area contributed by atoms with Crippen molar-refractivity contribution >= 4 is 29.3 Å². The van der Waals surface area contributed by atoms with Gasteiger partial charge in [0.05, 0.1) is 6.54 Å². The van der Waals surface area contributed by atoms with Gasteiger partial charge in [-0.3, -0.25) is 9.69 Å². The van der Waals surface area contributed by atoms with Crippen molar-refractivity contribution in [2.45, 2.75) is 44.7 Å². The number of nitrogens with zero attached hydrogens (tertiary/aromatic N) is 1. The van der Waals surface area contributed by atoms with Crippen LogP contribution in [0, 0.1) is 12.8 Å². The van der Waals surface area contributed by atoms with E-state index in [4.69, 9.17) is 16.7 Å². The second-order valence-electron chi connectivity index (χ2n) is 7.10. The van der Waals surface area contributed by atoms with E-state index >= 15 is 0 Å². The minimum Gasteiger partial charge on any atom is -0.480 e. The maximum atomic E-state index is 12.1. The number of anilines is 1. The lowest BCUT2D eigenvalue weighted by Crippen LogP contribution is -2.55. The number of rotatable bonds is 7. The van der Waals surface area contributed by atoms with Crippen molar-refractivity contribution in [3.63, 3.8) is 0 Å².